The molecule has 1 rings (SSSR count). The van der Waals surface area contributed by atoms with Crippen molar-refractivity contribution < 1.29 is 19.5 Å². The lowest BCUT2D eigenvalue weighted by Crippen LogP contribution is -2.44. The summed E-state index contributed by atoms with van der Waals surface area (Å²) in [5.74, 6) is -1.28. The number of nitrogens with two attached hydrogens (primary N) is 1. The van der Waals surface area contributed by atoms with E-state index in [0.717, 1.165) is 25.7 Å². The predicted molar refractivity (Wildman–Crippen MR) is 83.0 cm³/mol. The average molecular weight is 312 g/mol. The van der Waals surface area contributed by atoms with Gasteiger partial charge in [-0.1, -0.05) is 26.2 Å². The SMILES string of the molecule is CCCCC1CCC(C(=O)NC(CCC(N)=O)C(=O)O)CC1. The standard InChI is InChI=1S/C16H28N2O4/c1-2-3-4-11-5-7-12(8-6-11)15(20)18-13(16(21)22)9-10-14(17)19/h11-13H,2-10H2,1H3,(H2,17,19)(H,18,20)(H,21,22). The lowest BCUT2D eigenvalue weighted by atomic mass is 9.79. The topological polar surface area (TPSA) is 109 Å². The van der Waals surface area contributed by atoms with Crippen molar-refractivity contribution in [1.29, 1.82) is 0 Å². The van der Waals surface area contributed by atoms with Gasteiger partial charge in [0.25, 0.3) is 0 Å². The van der Waals surface area contributed by atoms with Crippen molar-refractivity contribution in [3.8, 4) is 0 Å². The zero-order chi connectivity index (χ0) is 16.5. The van der Waals surface area contributed by atoms with Crippen LogP contribution in [0, 0.1) is 11.8 Å². The Kier molecular flexibility index (Phi) is 7.91. The lowest BCUT2D eigenvalue weighted by Gasteiger charge is -2.28. The number of carbonyl (C=O) groups is 3. The first-order valence-corrected chi connectivity index (χ1v) is 8.25. The summed E-state index contributed by atoms with van der Waals surface area (Å²) in [6, 6.07) is -1.03. The fraction of sp³-hybridized carbons (Fsp3) is 0.812. The summed E-state index contributed by atoms with van der Waals surface area (Å²) in [5, 5.41) is 11.7. The number of carboxylic acids is 1. The van der Waals surface area contributed by atoms with Crippen molar-refractivity contribution in [3.05, 3.63) is 0 Å². The van der Waals surface area contributed by atoms with Gasteiger partial charge in [-0.05, 0) is 38.0 Å². The Morgan fingerprint density at radius 3 is 2.36 bits per heavy atom. The van der Waals surface area contributed by atoms with Gasteiger partial charge in [-0.25, -0.2) is 4.79 Å². The van der Waals surface area contributed by atoms with Crippen LogP contribution in [0.25, 0.3) is 0 Å². The van der Waals surface area contributed by atoms with Crippen LogP contribution in [-0.4, -0.2) is 28.9 Å². The molecule has 1 unspecified atom stereocenters. The van der Waals surface area contributed by atoms with E-state index < -0.39 is 17.9 Å². The van der Waals surface area contributed by atoms with E-state index in [1.165, 1.54) is 19.3 Å². The minimum Gasteiger partial charge on any atom is -0.480 e. The van der Waals surface area contributed by atoms with Crippen LogP contribution in [0.2, 0.25) is 0 Å². The number of amides is 2. The summed E-state index contributed by atoms with van der Waals surface area (Å²) >= 11 is 0. The normalized spacial score (nSPS) is 22.8. The van der Waals surface area contributed by atoms with Crippen molar-refractivity contribution >= 4 is 17.8 Å². The molecule has 0 aromatic heterocycles. The number of unbranched alkanes of at least 4 members (excludes halogenated alkanes) is 1. The number of carbonyl (C=O) groups excluding carboxylic acids is 2. The van der Waals surface area contributed by atoms with Gasteiger partial charge >= 0.3 is 5.97 Å². The Morgan fingerprint density at radius 1 is 1.23 bits per heavy atom. The largest absolute Gasteiger partial charge is 0.480 e. The van der Waals surface area contributed by atoms with E-state index in [1.807, 2.05) is 0 Å². The van der Waals surface area contributed by atoms with Crippen LogP contribution in [0.5, 0.6) is 0 Å². The minimum atomic E-state index is -1.12. The fourth-order valence-electron chi connectivity index (χ4n) is 3.04. The van der Waals surface area contributed by atoms with Gasteiger partial charge in [-0.2, -0.15) is 0 Å². The monoisotopic (exact) mass is 312 g/mol. The summed E-state index contributed by atoms with van der Waals surface area (Å²) in [5.41, 5.74) is 5.03. The van der Waals surface area contributed by atoms with E-state index in [9.17, 15) is 14.4 Å². The highest BCUT2D eigenvalue weighted by molar-refractivity contribution is 5.85. The third-order valence-corrected chi connectivity index (χ3v) is 4.48. The molecule has 4 N–H and O–H groups in total. The molecule has 2 amide bonds. The Hall–Kier alpha value is -1.59. The Bertz CT molecular complexity index is 390. The van der Waals surface area contributed by atoms with Crippen LogP contribution in [0.15, 0.2) is 0 Å². The second-order valence-electron chi connectivity index (χ2n) is 6.26. The molecular formula is C16H28N2O4. The second-order valence-corrected chi connectivity index (χ2v) is 6.26. The summed E-state index contributed by atoms with van der Waals surface area (Å²) in [4.78, 5) is 34.1. The van der Waals surface area contributed by atoms with Crippen LogP contribution in [0.4, 0.5) is 0 Å². The van der Waals surface area contributed by atoms with Crippen molar-refractivity contribution in [2.24, 2.45) is 17.6 Å². The highest BCUT2D eigenvalue weighted by Gasteiger charge is 2.29. The minimum absolute atomic E-state index is 0.0407. The molecule has 1 aliphatic carbocycles. The number of hydrogen-bond acceptors (Lipinski definition) is 3. The molecule has 126 valence electrons. The van der Waals surface area contributed by atoms with Crippen molar-refractivity contribution in [2.75, 3.05) is 0 Å². The number of hydrogen-bond donors (Lipinski definition) is 3. The van der Waals surface area contributed by atoms with E-state index in [1.54, 1.807) is 0 Å². The maximum Gasteiger partial charge on any atom is 0.326 e. The van der Waals surface area contributed by atoms with Gasteiger partial charge in [0.1, 0.15) is 6.04 Å². The van der Waals surface area contributed by atoms with Crippen LogP contribution in [0.1, 0.15) is 64.7 Å². The maximum atomic E-state index is 12.2. The number of primary amides is 1. The van der Waals surface area contributed by atoms with Gasteiger partial charge in [0, 0.05) is 12.3 Å². The first kappa shape index (κ1) is 18.5. The Balaban J connectivity index is 2.40. The van der Waals surface area contributed by atoms with Gasteiger partial charge in [0.05, 0.1) is 0 Å². The molecule has 0 radical (unpaired) electrons. The third-order valence-electron chi connectivity index (χ3n) is 4.48. The quantitative estimate of drug-likeness (QED) is 0.603. The maximum absolute atomic E-state index is 12.2. The van der Waals surface area contributed by atoms with Gasteiger partial charge in [0.2, 0.25) is 11.8 Å². The highest BCUT2D eigenvalue weighted by atomic mass is 16.4. The zero-order valence-electron chi connectivity index (χ0n) is 13.3. The molecule has 0 aromatic carbocycles. The number of nitrogens with one attached hydrogen (secondary N) is 1. The lowest BCUT2D eigenvalue weighted by molar-refractivity contribution is -0.143. The molecule has 6 heteroatoms. The number of carboxylic acid groups (broad SMARTS) is 1. The fourth-order valence-corrected chi connectivity index (χ4v) is 3.04. The van der Waals surface area contributed by atoms with E-state index in [4.69, 9.17) is 10.8 Å². The molecule has 0 saturated heterocycles. The molecule has 0 spiro atoms. The summed E-state index contributed by atoms with van der Waals surface area (Å²) < 4.78 is 0. The van der Waals surface area contributed by atoms with Gasteiger partial charge in [0.15, 0.2) is 0 Å². The van der Waals surface area contributed by atoms with E-state index in [0.29, 0.717) is 5.92 Å². The molecule has 6 nitrogen and oxygen atoms in total. The van der Waals surface area contributed by atoms with Crippen molar-refractivity contribution in [1.82, 2.24) is 5.32 Å². The van der Waals surface area contributed by atoms with Crippen LogP contribution < -0.4 is 11.1 Å². The molecule has 22 heavy (non-hydrogen) atoms. The van der Waals surface area contributed by atoms with Gasteiger partial charge < -0.3 is 16.2 Å². The first-order chi connectivity index (χ1) is 10.4. The summed E-state index contributed by atoms with van der Waals surface area (Å²) in [6.45, 7) is 2.18. The van der Waals surface area contributed by atoms with Crippen LogP contribution in [0.3, 0.4) is 0 Å². The van der Waals surface area contributed by atoms with Gasteiger partial charge in [-0.15, -0.1) is 0 Å². The molecule has 0 aromatic rings. The molecule has 0 heterocycles. The third kappa shape index (κ3) is 6.45. The van der Waals surface area contributed by atoms with Crippen LogP contribution in [-0.2, 0) is 14.4 Å². The van der Waals surface area contributed by atoms with Gasteiger partial charge in [-0.3, -0.25) is 9.59 Å². The van der Waals surface area contributed by atoms with E-state index in [2.05, 4.69) is 12.2 Å². The van der Waals surface area contributed by atoms with E-state index >= 15 is 0 Å². The second kappa shape index (κ2) is 9.43. The highest BCUT2D eigenvalue weighted by Crippen LogP contribution is 2.32. The summed E-state index contributed by atoms with van der Waals surface area (Å²) in [7, 11) is 0. The Morgan fingerprint density at radius 2 is 1.86 bits per heavy atom. The van der Waals surface area contributed by atoms with Crippen LogP contribution >= 0.6 is 0 Å². The predicted octanol–water partition coefficient (Wildman–Crippen LogP) is 1.82. The number of aliphatic carboxylic acids is 1. The first-order valence-electron chi connectivity index (χ1n) is 8.25. The van der Waals surface area contributed by atoms with Crippen molar-refractivity contribution in [2.45, 2.75) is 70.8 Å². The Labute approximate surface area is 131 Å². The number of rotatable bonds is 9. The molecule has 1 aliphatic rings. The van der Waals surface area contributed by atoms with Crippen molar-refractivity contribution in [3.63, 3.8) is 0 Å². The molecule has 0 bridgehead atoms. The molecule has 1 fully saturated rings. The molecule has 1 atom stereocenters. The molecular weight excluding hydrogens is 284 g/mol. The van der Waals surface area contributed by atoms with E-state index in [-0.39, 0.29) is 24.7 Å². The molecule has 1 saturated carbocycles. The smallest absolute Gasteiger partial charge is 0.326 e. The summed E-state index contributed by atoms with van der Waals surface area (Å²) in [6.07, 6.45) is 7.37. The molecule has 0 aliphatic heterocycles. The average Bonchev–Trinajstić information content (AvgIpc) is 2.49. The zero-order valence-corrected chi connectivity index (χ0v) is 13.3.